The van der Waals surface area contributed by atoms with Crippen LogP contribution in [-0.2, 0) is 4.79 Å². The van der Waals surface area contributed by atoms with Gasteiger partial charge in [0, 0.05) is 6.54 Å². The standard InChI is InChI=1S/C19H24ClN3O2S/c20-15-10-6-5-9-14(15)17(24)21-12-11-16-18(25)23-19(26-16)22-13-7-3-1-2-4-8-13/h5-6,9-10,13,16H,1-4,7-8,11-12H2,(H,21,24)(H,22,23,25). The first-order valence-electron chi connectivity index (χ1n) is 9.21. The third kappa shape index (κ3) is 5.24. The topological polar surface area (TPSA) is 70.6 Å². The van der Waals surface area contributed by atoms with E-state index < -0.39 is 0 Å². The lowest BCUT2D eigenvalue weighted by atomic mass is 10.1. The van der Waals surface area contributed by atoms with Crippen molar-refractivity contribution in [3.63, 3.8) is 0 Å². The molecule has 3 rings (SSSR count). The SMILES string of the molecule is O=C(NCCC1SC(=NC2CCCCCC2)NC1=O)c1ccccc1Cl. The van der Waals surface area contributed by atoms with Gasteiger partial charge in [-0.15, -0.1) is 0 Å². The molecule has 1 aliphatic carbocycles. The number of hydrogen-bond donors (Lipinski definition) is 2. The molecule has 1 saturated heterocycles. The van der Waals surface area contributed by atoms with Gasteiger partial charge in [0.05, 0.1) is 21.9 Å². The second-order valence-corrected chi connectivity index (χ2v) is 8.30. The summed E-state index contributed by atoms with van der Waals surface area (Å²) in [5, 5.41) is 6.69. The number of amidine groups is 1. The fourth-order valence-electron chi connectivity index (χ4n) is 3.27. The lowest BCUT2D eigenvalue weighted by molar-refractivity contribution is -0.118. The van der Waals surface area contributed by atoms with Crippen molar-refractivity contribution in [1.29, 1.82) is 0 Å². The van der Waals surface area contributed by atoms with Gasteiger partial charge in [-0.25, -0.2) is 0 Å². The molecule has 1 heterocycles. The van der Waals surface area contributed by atoms with E-state index in [1.807, 2.05) is 0 Å². The van der Waals surface area contributed by atoms with Crippen molar-refractivity contribution in [2.75, 3.05) is 6.54 Å². The van der Waals surface area contributed by atoms with Gasteiger partial charge in [-0.1, -0.05) is 61.2 Å². The van der Waals surface area contributed by atoms with Crippen LogP contribution in [0.2, 0.25) is 5.02 Å². The number of thioether (sulfide) groups is 1. The number of nitrogens with one attached hydrogen (secondary N) is 2. The highest BCUT2D eigenvalue weighted by atomic mass is 35.5. The van der Waals surface area contributed by atoms with Crippen LogP contribution in [0.4, 0.5) is 0 Å². The largest absolute Gasteiger partial charge is 0.352 e. The summed E-state index contributed by atoms with van der Waals surface area (Å²) in [4.78, 5) is 29.0. The molecule has 26 heavy (non-hydrogen) atoms. The molecule has 2 fully saturated rings. The smallest absolute Gasteiger partial charge is 0.252 e. The number of carbonyl (C=O) groups excluding carboxylic acids is 2. The number of aliphatic imine (C=N–C) groups is 1. The fourth-order valence-corrected chi connectivity index (χ4v) is 4.53. The molecule has 2 N–H and O–H groups in total. The van der Waals surface area contributed by atoms with Crippen LogP contribution in [0.15, 0.2) is 29.3 Å². The maximum absolute atomic E-state index is 12.2. The molecule has 0 bridgehead atoms. The number of nitrogens with zero attached hydrogens (tertiary/aromatic N) is 1. The quantitative estimate of drug-likeness (QED) is 0.748. The van der Waals surface area contributed by atoms with Gasteiger partial charge in [0.2, 0.25) is 5.91 Å². The van der Waals surface area contributed by atoms with E-state index in [-0.39, 0.29) is 17.1 Å². The van der Waals surface area contributed by atoms with E-state index in [9.17, 15) is 9.59 Å². The maximum Gasteiger partial charge on any atom is 0.252 e. The third-order valence-corrected chi connectivity index (χ3v) is 6.21. The second-order valence-electron chi connectivity index (χ2n) is 6.70. The van der Waals surface area contributed by atoms with E-state index in [1.54, 1.807) is 24.3 Å². The van der Waals surface area contributed by atoms with Crippen LogP contribution in [0.3, 0.4) is 0 Å². The predicted octanol–water partition coefficient (Wildman–Crippen LogP) is 3.77. The number of halogens is 1. The van der Waals surface area contributed by atoms with Crippen molar-refractivity contribution in [2.24, 2.45) is 4.99 Å². The van der Waals surface area contributed by atoms with Gasteiger partial charge in [-0.05, 0) is 31.4 Å². The number of benzene rings is 1. The summed E-state index contributed by atoms with van der Waals surface area (Å²) >= 11 is 7.51. The third-order valence-electron chi connectivity index (χ3n) is 4.71. The van der Waals surface area contributed by atoms with E-state index >= 15 is 0 Å². The van der Waals surface area contributed by atoms with Crippen LogP contribution in [0.1, 0.15) is 55.3 Å². The molecule has 1 saturated carbocycles. The highest BCUT2D eigenvalue weighted by Crippen LogP contribution is 2.26. The Morgan fingerprint density at radius 1 is 1.23 bits per heavy atom. The zero-order valence-electron chi connectivity index (χ0n) is 14.7. The van der Waals surface area contributed by atoms with Crippen LogP contribution < -0.4 is 10.6 Å². The van der Waals surface area contributed by atoms with Crippen molar-refractivity contribution in [3.05, 3.63) is 34.9 Å². The molecule has 5 nitrogen and oxygen atoms in total. The molecule has 1 aliphatic heterocycles. The summed E-state index contributed by atoms with van der Waals surface area (Å²) in [7, 11) is 0. The van der Waals surface area contributed by atoms with Gasteiger partial charge >= 0.3 is 0 Å². The molecule has 1 atom stereocenters. The highest BCUT2D eigenvalue weighted by Gasteiger charge is 2.30. The Morgan fingerprint density at radius 3 is 2.69 bits per heavy atom. The van der Waals surface area contributed by atoms with Crippen LogP contribution in [-0.4, -0.2) is 34.8 Å². The molecule has 0 aromatic heterocycles. The van der Waals surface area contributed by atoms with Gasteiger partial charge in [0.15, 0.2) is 5.17 Å². The lowest BCUT2D eigenvalue weighted by Crippen LogP contribution is -2.30. The first-order valence-corrected chi connectivity index (χ1v) is 10.5. The molecule has 1 aromatic carbocycles. The Bertz CT molecular complexity index is 687. The van der Waals surface area contributed by atoms with Gasteiger partial charge in [0.1, 0.15) is 0 Å². The molecule has 0 radical (unpaired) electrons. The summed E-state index contributed by atoms with van der Waals surface area (Å²) in [6.07, 6.45) is 7.80. The molecule has 0 spiro atoms. The van der Waals surface area contributed by atoms with Crippen molar-refractivity contribution in [2.45, 2.75) is 56.2 Å². The zero-order valence-corrected chi connectivity index (χ0v) is 16.2. The maximum atomic E-state index is 12.2. The van der Waals surface area contributed by atoms with E-state index in [0.29, 0.717) is 29.6 Å². The first-order chi connectivity index (χ1) is 12.6. The molecule has 1 aromatic rings. The van der Waals surface area contributed by atoms with Crippen molar-refractivity contribution in [1.82, 2.24) is 10.6 Å². The molecule has 140 valence electrons. The summed E-state index contributed by atoms with van der Waals surface area (Å²) < 4.78 is 0. The van der Waals surface area contributed by atoms with E-state index in [4.69, 9.17) is 16.6 Å². The van der Waals surface area contributed by atoms with Crippen LogP contribution >= 0.6 is 23.4 Å². The Labute approximate surface area is 163 Å². The normalized spacial score (nSPS) is 22.9. The van der Waals surface area contributed by atoms with E-state index in [2.05, 4.69) is 10.6 Å². The minimum Gasteiger partial charge on any atom is -0.352 e. The number of rotatable bonds is 5. The van der Waals surface area contributed by atoms with Crippen LogP contribution in [0, 0.1) is 0 Å². The van der Waals surface area contributed by atoms with Crippen LogP contribution in [0.25, 0.3) is 0 Å². The van der Waals surface area contributed by atoms with Gasteiger partial charge in [-0.3, -0.25) is 14.6 Å². The number of carbonyl (C=O) groups is 2. The van der Waals surface area contributed by atoms with Crippen LogP contribution in [0.5, 0.6) is 0 Å². The summed E-state index contributed by atoms with van der Waals surface area (Å²) in [5.41, 5.74) is 0.452. The second kappa shape index (κ2) is 9.42. The molecule has 1 unspecified atom stereocenters. The Kier molecular flexibility index (Phi) is 6.97. The minimum atomic E-state index is -0.216. The monoisotopic (exact) mass is 393 g/mol. The average Bonchev–Trinajstić information content (AvgIpc) is 2.82. The number of hydrogen-bond acceptors (Lipinski definition) is 4. The molecule has 7 heteroatoms. The fraction of sp³-hybridized carbons (Fsp3) is 0.526. The van der Waals surface area contributed by atoms with Gasteiger partial charge < -0.3 is 10.6 Å². The predicted molar refractivity (Wildman–Crippen MR) is 107 cm³/mol. The van der Waals surface area contributed by atoms with E-state index in [0.717, 1.165) is 18.0 Å². The van der Waals surface area contributed by atoms with Crippen molar-refractivity contribution >= 4 is 40.3 Å². The molecule has 2 amide bonds. The first kappa shape index (κ1) is 19.2. The summed E-state index contributed by atoms with van der Waals surface area (Å²) in [6, 6.07) is 7.27. The highest BCUT2D eigenvalue weighted by molar-refractivity contribution is 8.15. The molecule has 2 aliphatic rings. The zero-order chi connectivity index (χ0) is 18.4. The molecular weight excluding hydrogens is 370 g/mol. The Hall–Kier alpha value is -1.53. The number of amides is 2. The Morgan fingerprint density at radius 2 is 1.96 bits per heavy atom. The van der Waals surface area contributed by atoms with Crippen molar-refractivity contribution < 1.29 is 9.59 Å². The van der Waals surface area contributed by atoms with E-state index in [1.165, 1.54) is 37.4 Å². The lowest BCUT2D eigenvalue weighted by Gasteiger charge is -2.09. The van der Waals surface area contributed by atoms with Gasteiger partial charge in [0.25, 0.3) is 5.91 Å². The van der Waals surface area contributed by atoms with Crippen molar-refractivity contribution in [3.8, 4) is 0 Å². The molecular formula is C19H24ClN3O2S. The minimum absolute atomic E-state index is 0.0191. The average molecular weight is 394 g/mol. The summed E-state index contributed by atoms with van der Waals surface area (Å²) in [5.74, 6) is -0.235. The Balaban J connectivity index is 1.47. The summed E-state index contributed by atoms with van der Waals surface area (Å²) in [6.45, 7) is 0.422. The van der Waals surface area contributed by atoms with Gasteiger partial charge in [-0.2, -0.15) is 0 Å².